The Bertz CT molecular complexity index is 2550. The largest absolute Gasteiger partial charge is 0.398 e. The van der Waals surface area contributed by atoms with Crippen LogP contribution in [0.5, 0.6) is 0 Å². The van der Waals surface area contributed by atoms with E-state index in [2.05, 4.69) is 70.4 Å². The highest BCUT2D eigenvalue weighted by Gasteiger charge is 2.39. The molecule has 6 rings (SSSR count). The molecule has 0 unspecified atom stereocenters. The van der Waals surface area contributed by atoms with Crippen molar-refractivity contribution >= 4 is 111 Å². The van der Waals surface area contributed by atoms with E-state index in [9.17, 15) is 16.8 Å². The number of fused-ring (bicyclic) bond motifs is 4. The molecule has 0 spiro atoms. The first-order chi connectivity index (χ1) is 25.6. The zero-order valence-corrected chi connectivity index (χ0v) is 34.1. The van der Waals surface area contributed by atoms with Gasteiger partial charge in [0.2, 0.25) is 32.1 Å². The minimum Gasteiger partial charge on any atom is -0.398 e. The van der Waals surface area contributed by atoms with Crippen molar-refractivity contribution in [3.05, 3.63) is 105 Å². The van der Waals surface area contributed by atoms with Crippen molar-refractivity contribution in [2.24, 2.45) is 0 Å². The Morgan fingerprint density at radius 1 is 1.04 bits per heavy atom. The van der Waals surface area contributed by atoms with Crippen molar-refractivity contribution in [1.82, 2.24) is 19.1 Å². The van der Waals surface area contributed by atoms with Crippen molar-refractivity contribution in [2.45, 2.75) is 30.0 Å². The van der Waals surface area contributed by atoms with Crippen molar-refractivity contribution in [3.8, 4) is 0 Å². The summed E-state index contributed by atoms with van der Waals surface area (Å²) in [7, 11) is -8.52. The monoisotopic (exact) mass is 898 g/mol. The van der Waals surface area contributed by atoms with Gasteiger partial charge < -0.3 is 14.6 Å². The summed E-state index contributed by atoms with van der Waals surface area (Å²) in [5, 5.41) is 16.7. The molecule has 1 aliphatic heterocycles. The summed E-state index contributed by atoms with van der Waals surface area (Å²) in [6.07, 6.45) is 9.64. The van der Waals surface area contributed by atoms with Crippen LogP contribution >= 0.6 is 51.2 Å². The van der Waals surface area contributed by atoms with Gasteiger partial charge in [-0.05, 0) is 77.3 Å². The molecule has 3 N–H and O–H groups in total. The summed E-state index contributed by atoms with van der Waals surface area (Å²) < 4.78 is 64.7. The van der Waals surface area contributed by atoms with Crippen molar-refractivity contribution in [1.29, 1.82) is 0 Å². The van der Waals surface area contributed by atoms with E-state index in [1.54, 1.807) is 52.7 Å². The predicted molar refractivity (Wildman–Crippen MR) is 211 cm³/mol. The second kappa shape index (κ2) is 16.2. The molecular weight excluding hydrogens is 869 g/mol. The van der Waals surface area contributed by atoms with Crippen molar-refractivity contribution < 1.29 is 40.4 Å². The Kier molecular flexibility index (Phi) is 12.0. The van der Waals surface area contributed by atoms with Gasteiger partial charge in [-0.25, -0.2) is 22.1 Å². The first-order valence-electron chi connectivity index (χ1n) is 15.7. The zero-order valence-electron chi connectivity index (χ0n) is 28.5. The lowest BCUT2D eigenvalue weighted by Gasteiger charge is -2.27. The van der Waals surface area contributed by atoms with Gasteiger partial charge in [-0.2, -0.15) is 15.0 Å². The number of allylic oxidation sites excluding steroid dienone is 5. The van der Waals surface area contributed by atoms with Crippen LogP contribution < -0.4 is 18.9 Å². The maximum atomic E-state index is 13.1. The summed E-state index contributed by atoms with van der Waals surface area (Å²) >= 11 is 16.2. The van der Waals surface area contributed by atoms with Crippen LogP contribution in [0.4, 0.5) is 11.6 Å². The maximum Gasteiger partial charge on any atom is 0.375 e. The third-order valence-electron chi connectivity index (χ3n) is 8.21. The summed E-state index contributed by atoms with van der Waals surface area (Å²) in [6, 6.07) is 14.7. The summed E-state index contributed by atoms with van der Waals surface area (Å²) in [5.41, 5.74) is 3.49. The lowest BCUT2D eigenvalue weighted by Crippen LogP contribution is -2.45. The molecule has 5 aromatic rings. The first kappa shape index (κ1) is 40.0. The summed E-state index contributed by atoms with van der Waals surface area (Å²) in [6.45, 7) is 5.25. The SMILES string of the molecule is CC1(C)C(=CC=CC=Cc2oc3ccc4c(SOOO)cccc4c3[n+]2CS(=O)(=O)NS(C)(=O)=O)N(CCNc2nc(Cl)nc(Cl)n2)c2ccc(Br)cc21. The molecule has 15 nitrogen and oxygen atoms in total. The Hall–Kier alpha value is -3.63. The molecule has 0 fully saturated rings. The number of halogens is 3. The molecule has 3 aromatic carbocycles. The molecule has 0 saturated heterocycles. The highest BCUT2D eigenvalue weighted by Crippen LogP contribution is 2.48. The third kappa shape index (κ3) is 9.07. The normalized spacial score (nSPS) is 15.4. The molecule has 0 aliphatic carbocycles. The molecule has 21 heteroatoms. The summed E-state index contributed by atoms with van der Waals surface area (Å²) in [5.74, 6) is -0.391. The van der Waals surface area contributed by atoms with Gasteiger partial charge in [0.1, 0.15) is 0 Å². The zero-order chi connectivity index (χ0) is 38.8. The molecule has 0 radical (unpaired) electrons. The van der Waals surface area contributed by atoms with Crippen molar-refractivity contribution in [2.75, 3.05) is 29.6 Å². The first-order valence-corrected chi connectivity index (χ1v) is 21.6. The average Bonchev–Trinajstić information content (AvgIpc) is 3.52. The van der Waals surface area contributed by atoms with E-state index in [4.69, 9.17) is 32.9 Å². The molecule has 2 aromatic heterocycles. The summed E-state index contributed by atoms with van der Waals surface area (Å²) in [4.78, 5) is 14.7. The van der Waals surface area contributed by atoms with Crippen LogP contribution in [0.3, 0.4) is 0 Å². The Morgan fingerprint density at radius 2 is 1.80 bits per heavy atom. The van der Waals surface area contributed by atoms with E-state index in [0.717, 1.165) is 39.7 Å². The Balaban J connectivity index is 1.33. The van der Waals surface area contributed by atoms with Crippen LogP contribution in [0.15, 0.2) is 92.3 Å². The molecule has 284 valence electrons. The van der Waals surface area contributed by atoms with Crippen LogP contribution in [0, 0.1) is 0 Å². The van der Waals surface area contributed by atoms with E-state index < -0.39 is 25.9 Å². The number of nitrogens with one attached hydrogen (secondary N) is 2. The lowest BCUT2D eigenvalue weighted by molar-refractivity contribution is -0.657. The molecule has 54 heavy (non-hydrogen) atoms. The second-order valence-electron chi connectivity index (χ2n) is 12.3. The number of nitrogens with zero attached hydrogens (tertiary/aromatic N) is 5. The number of sulfonamides is 2. The van der Waals surface area contributed by atoms with Crippen LogP contribution in [-0.2, 0) is 40.7 Å². The molecular formula is C33H31BrCl2N7O8S3+. The van der Waals surface area contributed by atoms with Crippen LogP contribution in [-0.4, -0.2) is 56.4 Å². The van der Waals surface area contributed by atoms with Gasteiger partial charge in [0.15, 0.2) is 0 Å². The molecule has 0 bridgehead atoms. The number of hydrogen-bond acceptors (Lipinski definition) is 14. The van der Waals surface area contributed by atoms with Gasteiger partial charge >= 0.3 is 5.89 Å². The van der Waals surface area contributed by atoms with E-state index in [1.807, 2.05) is 24.3 Å². The van der Waals surface area contributed by atoms with Gasteiger partial charge in [-0.3, -0.25) is 0 Å². The second-order valence-corrected chi connectivity index (χ2v) is 18.3. The average molecular weight is 901 g/mol. The van der Waals surface area contributed by atoms with E-state index in [1.165, 1.54) is 4.57 Å². The van der Waals surface area contributed by atoms with Gasteiger partial charge in [-0.1, -0.05) is 59.1 Å². The fraction of sp³-hybridized carbons (Fsp3) is 0.212. The minimum absolute atomic E-state index is 0.0180. The van der Waals surface area contributed by atoms with Crippen LogP contribution in [0.2, 0.25) is 10.6 Å². The van der Waals surface area contributed by atoms with Gasteiger partial charge in [-0.15, -0.1) is 13.0 Å². The Morgan fingerprint density at radius 3 is 2.52 bits per heavy atom. The smallest absolute Gasteiger partial charge is 0.375 e. The van der Waals surface area contributed by atoms with E-state index >= 15 is 0 Å². The topological polar surface area (TPSA) is 190 Å². The highest BCUT2D eigenvalue weighted by molar-refractivity contribution is 9.10. The number of hydrogen-bond donors (Lipinski definition) is 3. The Labute approximate surface area is 333 Å². The van der Waals surface area contributed by atoms with E-state index in [-0.39, 0.29) is 27.8 Å². The van der Waals surface area contributed by atoms with Crippen LogP contribution in [0.25, 0.3) is 27.9 Å². The molecule has 0 amide bonds. The maximum absolute atomic E-state index is 13.1. The van der Waals surface area contributed by atoms with E-state index in [0.29, 0.717) is 39.9 Å². The standard InChI is InChI=1S/C33H30BrCl2N7O8S3/c1-33(2)23-18-20(34)12-14-24(23)42(17-16-37-32-39-30(35)38-31(36)40-32)27(33)10-5-4-6-11-28-43(19-54(47,48)41-53(3,45)46)29-22-8-7-9-26(52-51-50-44)21(22)13-15-25(29)49-28/h4-15,18,41H,16-17,19H2,1-3H3,(H-,37,38,39,40,44)/p+1. The van der Waals surface area contributed by atoms with Gasteiger partial charge in [0.25, 0.3) is 21.4 Å². The number of oxazole rings is 1. The molecule has 0 atom stereocenters. The third-order valence-corrected chi connectivity index (χ3v) is 12.5. The molecule has 0 saturated carbocycles. The lowest BCUT2D eigenvalue weighted by atomic mass is 9.84. The molecule has 1 aliphatic rings. The minimum atomic E-state index is -4.41. The quantitative estimate of drug-likeness (QED) is 0.0349. The molecule has 3 heterocycles. The van der Waals surface area contributed by atoms with Gasteiger partial charge in [0, 0.05) is 44.6 Å². The number of anilines is 2. The number of rotatable bonds is 14. The fourth-order valence-corrected chi connectivity index (χ4v) is 10.0. The predicted octanol–water partition coefficient (Wildman–Crippen LogP) is 6.76. The van der Waals surface area contributed by atoms with Crippen molar-refractivity contribution in [3.63, 3.8) is 0 Å². The fourth-order valence-electron chi connectivity index (χ4n) is 6.16. The highest BCUT2D eigenvalue weighted by atomic mass is 79.9. The van der Waals surface area contributed by atoms with Gasteiger partial charge in [0.05, 0.1) is 29.8 Å². The number of aromatic nitrogens is 4. The number of benzene rings is 3. The van der Waals surface area contributed by atoms with Crippen LogP contribution in [0.1, 0.15) is 25.3 Å².